The quantitative estimate of drug-likeness (QED) is 0.129. The highest BCUT2D eigenvalue weighted by Crippen LogP contribution is 2.47. The lowest BCUT2D eigenvalue weighted by molar-refractivity contribution is -0.159. The number of nitrogens with zero attached hydrogens (tertiary/aromatic N) is 3. The van der Waals surface area contributed by atoms with E-state index in [4.69, 9.17) is 47.4 Å². The number of piperidine rings is 2. The van der Waals surface area contributed by atoms with Crippen molar-refractivity contribution in [3.8, 4) is 40.0 Å². The minimum Gasteiger partial charge on any atom is -0.481 e. The fraction of sp³-hybridized carbons (Fsp3) is 0.465. The zero-order chi connectivity index (χ0) is 38.3. The largest absolute Gasteiger partial charge is 0.481 e. The van der Waals surface area contributed by atoms with Crippen molar-refractivity contribution in [2.75, 3.05) is 20.8 Å². The number of aromatic nitrogens is 2. The van der Waals surface area contributed by atoms with Crippen molar-refractivity contribution in [2.45, 2.75) is 102 Å². The van der Waals surface area contributed by atoms with Gasteiger partial charge in [0.05, 0.1) is 36.5 Å². The summed E-state index contributed by atoms with van der Waals surface area (Å²) in [5.41, 5.74) is 6.74. The third kappa shape index (κ3) is 7.40. The molecule has 0 amide bonds. The first-order chi connectivity index (χ1) is 26.7. The molecule has 3 atom stereocenters. The third-order valence-electron chi connectivity index (χ3n) is 12.4. The summed E-state index contributed by atoms with van der Waals surface area (Å²) < 4.78 is 18.0. The predicted molar refractivity (Wildman–Crippen MR) is 212 cm³/mol. The van der Waals surface area contributed by atoms with Crippen LogP contribution in [0.25, 0.3) is 22.4 Å². The van der Waals surface area contributed by atoms with Gasteiger partial charge in [0.1, 0.15) is 11.1 Å². The van der Waals surface area contributed by atoms with Gasteiger partial charge >= 0.3 is 5.97 Å². The number of hydrogen-bond donors (Lipinski definition) is 3. The Hall–Kier alpha value is -3.93. The number of benzene rings is 2. The maximum Gasteiger partial charge on any atom is 0.310 e. The normalized spacial score (nSPS) is 24.7. The maximum atomic E-state index is 12.2. The number of hydrogen-bond acceptors (Lipinski definition) is 9. The van der Waals surface area contributed by atoms with E-state index >= 15 is 0 Å². The molecule has 2 saturated carbocycles. The van der Waals surface area contributed by atoms with Crippen molar-refractivity contribution >= 4 is 29.2 Å². The molecule has 3 aliphatic carbocycles. The molecule has 4 aromatic rings. The second-order valence-electron chi connectivity index (χ2n) is 15.6. The van der Waals surface area contributed by atoms with E-state index in [1.165, 1.54) is 0 Å². The fourth-order valence-electron chi connectivity index (χ4n) is 9.33. The molecule has 2 bridgehead atoms. The van der Waals surface area contributed by atoms with Crippen molar-refractivity contribution in [3.05, 3.63) is 86.9 Å². The van der Waals surface area contributed by atoms with Crippen LogP contribution in [-0.4, -0.2) is 70.0 Å². The topological polar surface area (TPSA) is 126 Å². The van der Waals surface area contributed by atoms with Crippen LogP contribution in [0.4, 0.5) is 0 Å². The van der Waals surface area contributed by atoms with E-state index in [0.29, 0.717) is 59.1 Å². The number of nitrogens with one attached hydrogen (secondary N) is 1. The Morgan fingerprint density at radius 1 is 0.891 bits per heavy atom. The van der Waals surface area contributed by atoms with Gasteiger partial charge in [-0.15, -0.1) is 0 Å². The monoisotopic (exact) mass is 786 g/mol. The number of carboxylic acid groups (broad SMARTS) is 1. The van der Waals surface area contributed by atoms with Crippen molar-refractivity contribution < 1.29 is 29.2 Å². The summed E-state index contributed by atoms with van der Waals surface area (Å²) in [7, 11) is 3.21. The van der Waals surface area contributed by atoms with E-state index in [9.17, 15) is 15.0 Å². The van der Waals surface area contributed by atoms with Gasteiger partial charge in [-0.3, -0.25) is 9.69 Å². The Labute approximate surface area is 332 Å². The van der Waals surface area contributed by atoms with Gasteiger partial charge in [-0.05, 0) is 80.2 Å². The molecule has 2 aromatic heterocycles. The molecule has 5 aliphatic rings. The Kier molecular flexibility index (Phi) is 11.0. The van der Waals surface area contributed by atoms with Gasteiger partial charge in [0, 0.05) is 54.0 Å². The van der Waals surface area contributed by atoms with Gasteiger partial charge in [0.25, 0.3) is 0 Å². The highest BCUT2D eigenvalue weighted by Gasteiger charge is 2.49. The summed E-state index contributed by atoms with van der Waals surface area (Å²) in [5, 5.41) is 24.9. The number of aliphatic hydroxyl groups is 1. The zero-order valence-corrected chi connectivity index (χ0v) is 32.8. The van der Waals surface area contributed by atoms with Gasteiger partial charge < -0.3 is 29.7 Å². The van der Waals surface area contributed by atoms with Crippen LogP contribution in [-0.2, 0) is 24.3 Å². The van der Waals surface area contributed by atoms with Gasteiger partial charge in [-0.2, -0.15) is 4.98 Å². The molecule has 4 heterocycles. The van der Waals surface area contributed by atoms with Crippen LogP contribution in [0.3, 0.4) is 0 Å². The Balaban J connectivity index is 1.01. The molecule has 2 saturated heterocycles. The van der Waals surface area contributed by atoms with E-state index in [1.54, 1.807) is 14.2 Å². The van der Waals surface area contributed by atoms with Crippen molar-refractivity contribution in [3.63, 3.8) is 0 Å². The summed E-state index contributed by atoms with van der Waals surface area (Å²) in [6.45, 7) is 1.58. The number of rotatable bonds is 12. The first-order valence-corrected chi connectivity index (χ1v) is 20.2. The molecular formula is C43H48Cl2N4O6. The molecular weight excluding hydrogens is 739 g/mol. The number of aliphatic hydroxyl groups excluding tert-OH is 1. The van der Waals surface area contributed by atoms with Crippen molar-refractivity contribution in [1.29, 1.82) is 0 Å². The summed E-state index contributed by atoms with van der Waals surface area (Å²) in [6, 6.07) is 18.5. The van der Waals surface area contributed by atoms with Gasteiger partial charge in [0.15, 0.2) is 0 Å². The number of fused-ring (bicyclic) bond motifs is 4. The third-order valence-corrected chi connectivity index (χ3v) is 13.1. The van der Waals surface area contributed by atoms with Crippen molar-refractivity contribution in [2.24, 2.45) is 5.41 Å². The van der Waals surface area contributed by atoms with Gasteiger partial charge in [-0.25, -0.2) is 4.98 Å². The lowest BCUT2D eigenvalue weighted by atomic mass is 9.67. The molecule has 9 rings (SSSR count). The SMILES string of the molecule is COc1nc(-c2cccc(-c3cccc4c3CC[C@@H]4Oc3nc(OC)c(CN4CC5(C(=O)O)CCC4CC5)cc3Cl)c2Cl)ccc1CN[C@H]1CCCC[C@H]1O. The highest BCUT2D eigenvalue weighted by molar-refractivity contribution is 6.36. The van der Waals surface area contributed by atoms with Gasteiger partial charge in [-0.1, -0.05) is 78.5 Å². The first-order valence-electron chi connectivity index (χ1n) is 19.4. The number of aliphatic carboxylic acids is 1. The Morgan fingerprint density at radius 3 is 2.38 bits per heavy atom. The molecule has 10 nitrogen and oxygen atoms in total. The summed E-state index contributed by atoms with van der Waals surface area (Å²) in [4.78, 5) is 24.0. The lowest BCUT2D eigenvalue weighted by Gasteiger charge is -2.50. The number of ether oxygens (including phenoxy) is 3. The minimum absolute atomic E-state index is 0.0690. The minimum atomic E-state index is -0.707. The van der Waals surface area contributed by atoms with E-state index < -0.39 is 11.4 Å². The maximum absolute atomic E-state index is 12.2. The van der Waals surface area contributed by atoms with Crippen LogP contribution in [0.5, 0.6) is 17.6 Å². The zero-order valence-electron chi connectivity index (χ0n) is 31.3. The summed E-state index contributed by atoms with van der Waals surface area (Å²) >= 11 is 14.1. The van der Waals surface area contributed by atoms with E-state index in [1.807, 2.05) is 42.5 Å². The molecule has 4 fully saturated rings. The molecule has 2 aromatic carbocycles. The summed E-state index contributed by atoms with van der Waals surface area (Å²) in [5.74, 6) is 0.556. The second-order valence-corrected chi connectivity index (χ2v) is 16.3. The molecule has 0 radical (unpaired) electrons. The molecule has 0 unspecified atom stereocenters. The van der Waals surface area contributed by atoms with Crippen LogP contribution < -0.4 is 19.5 Å². The Bertz CT molecular complexity index is 2070. The molecule has 12 heteroatoms. The molecule has 3 N–H and O–H groups in total. The molecule has 2 aliphatic heterocycles. The van der Waals surface area contributed by atoms with E-state index in [0.717, 1.165) is 103 Å². The molecule has 290 valence electrons. The fourth-order valence-corrected chi connectivity index (χ4v) is 9.88. The van der Waals surface area contributed by atoms with Crippen LogP contribution in [0.1, 0.15) is 86.1 Å². The van der Waals surface area contributed by atoms with E-state index in [2.05, 4.69) is 22.3 Å². The average Bonchev–Trinajstić information content (AvgIpc) is 3.62. The predicted octanol–water partition coefficient (Wildman–Crippen LogP) is 8.42. The summed E-state index contributed by atoms with van der Waals surface area (Å²) in [6.07, 6.45) is 8.08. The van der Waals surface area contributed by atoms with E-state index in [-0.39, 0.29) is 18.2 Å². The Morgan fingerprint density at radius 2 is 1.62 bits per heavy atom. The standard InChI is InChI=1S/C43H48Cl2N4O6/c1-53-39-25(22-46-35-11-3-4-12-36(35)50)13-15-34(47-39)32-10-6-9-31(38(32)45)28-7-5-8-30-29(28)14-16-37(30)55-41-33(44)21-26(40(48-41)54-2)23-49-24-43(42(51)52)19-17-27(49)18-20-43/h5-10,13,15,21,27,35-37,46,50H,3-4,11-12,14,16-20,22-24H2,1-2H3,(H,51,52)/t27?,35-,36+,37-,43?/m0/s1. The lowest BCUT2D eigenvalue weighted by Crippen LogP contribution is -2.56. The van der Waals surface area contributed by atoms with Gasteiger partial charge in [0.2, 0.25) is 17.6 Å². The number of pyridine rings is 2. The number of carboxylic acids is 1. The van der Waals surface area contributed by atoms with Crippen LogP contribution >= 0.6 is 23.2 Å². The highest BCUT2D eigenvalue weighted by atomic mass is 35.5. The van der Waals surface area contributed by atoms with Crippen molar-refractivity contribution in [1.82, 2.24) is 20.2 Å². The van der Waals surface area contributed by atoms with Crippen LogP contribution in [0.2, 0.25) is 10.0 Å². The number of methoxy groups -OCH3 is 2. The first kappa shape index (κ1) is 38.0. The number of carbonyl (C=O) groups is 1. The molecule has 55 heavy (non-hydrogen) atoms. The molecule has 0 spiro atoms. The second kappa shape index (κ2) is 15.9. The average molecular weight is 788 g/mol. The number of halogens is 2. The smallest absolute Gasteiger partial charge is 0.310 e. The van der Waals surface area contributed by atoms with Crippen LogP contribution in [0, 0.1) is 5.41 Å². The van der Waals surface area contributed by atoms with Crippen LogP contribution in [0.15, 0.2) is 54.6 Å².